The van der Waals surface area contributed by atoms with Crippen molar-refractivity contribution in [3.8, 4) is 0 Å². The Morgan fingerprint density at radius 1 is 0.686 bits per heavy atom. The van der Waals surface area contributed by atoms with E-state index in [2.05, 4.69) is 53.5 Å². The molecule has 0 radical (unpaired) electrons. The summed E-state index contributed by atoms with van der Waals surface area (Å²) in [5, 5.41) is 1.32. The molecule has 9 heteroatoms. The highest BCUT2D eigenvalue weighted by Crippen LogP contribution is 2.11. The molecule has 0 heterocycles. The monoisotopic (exact) mass is 632 g/mol. The van der Waals surface area contributed by atoms with E-state index in [-0.39, 0.29) is 30.6 Å². The Bertz CT molecular complexity index is 888. The van der Waals surface area contributed by atoms with Crippen molar-refractivity contribution in [2.45, 2.75) is 49.2 Å². The number of carbonyl (C=O) groups excluding carboxylic acids is 4. The molecule has 0 spiro atoms. The molecule has 2 aromatic rings. The summed E-state index contributed by atoms with van der Waals surface area (Å²) in [6.45, 7) is 0. The highest BCUT2D eigenvalue weighted by molar-refractivity contribution is 9.08. The number of methoxy groups -OCH3 is 2. The number of ketones is 1. The van der Waals surface area contributed by atoms with Crippen LogP contribution in [0.1, 0.15) is 60.0 Å². The molecule has 0 bridgehead atoms. The van der Waals surface area contributed by atoms with Gasteiger partial charge in [-0.2, -0.15) is 0 Å². The van der Waals surface area contributed by atoms with E-state index in [1.54, 1.807) is 0 Å². The number of carbonyl (C=O) groups is 4. The van der Waals surface area contributed by atoms with Gasteiger partial charge < -0.3 is 9.47 Å². The molecule has 0 unspecified atom stereocenters. The highest BCUT2D eigenvalue weighted by atomic mass is 79.9. The number of hydrogen-bond acceptors (Lipinski definition) is 6. The van der Waals surface area contributed by atoms with Gasteiger partial charge in [0.15, 0.2) is 5.78 Å². The zero-order valence-electron chi connectivity index (χ0n) is 19.9. The van der Waals surface area contributed by atoms with E-state index >= 15 is 0 Å². The Balaban J connectivity index is 0.000000544. The third kappa shape index (κ3) is 18.0. The number of esters is 2. The summed E-state index contributed by atoms with van der Waals surface area (Å²) < 4.78 is 8.85. The largest absolute Gasteiger partial charge is 0.469 e. The van der Waals surface area contributed by atoms with E-state index in [1.165, 1.54) is 19.8 Å². The quantitative estimate of drug-likeness (QED) is 0.117. The highest BCUT2D eigenvalue weighted by Gasteiger charge is 2.07. The second-order valence-corrected chi connectivity index (χ2v) is 8.63. The second kappa shape index (κ2) is 21.3. The Hall–Kier alpha value is -2.03. The van der Waals surface area contributed by atoms with Gasteiger partial charge in [0.25, 0.3) is 0 Å². The molecule has 192 valence electrons. The molecular weight excluding hydrogens is 604 g/mol. The first-order valence-corrected chi connectivity index (χ1v) is 13.5. The Kier molecular flexibility index (Phi) is 20.0. The SMILES string of the molecule is BrCc1ccccc1.COC(=O)CCCC(=O)Cl.COC(=O)CCCC(=O)c1ccc(CBr)cc1. The van der Waals surface area contributed by atoms with Crippen molar-refractivity contribution >= 4 is 66.4 Å². The third-order valence-electron chi connectivity index (χ3n) is 4.42. The van der Waals surface area contributed by atoms with E-state index in [9.17, 15) is 19.2 Å². The second-order valence-electron chi connectivity index (χ2n) is 7.09. The average Bonchev–Trinajstić information content (AvgIpc) is 2.89. The Labute approximate surface area is 229 Å². The van der Waals surface area contributed by atoms with Crippen LogP contribution in [0.25, 0.3) is 0 Å². The van der Waals surface area contributed by atoms with Crippen LogP contribution in [0.3, 0.4) is 0 Å². The number of Topliss-reactive ketones (excluding diaryl/α,β-unsaturated/α-hetero) is 1. The maximum atomic E-state index is 11.8. The van der Waals surface area contributed by atoms with Gasteiger partial charge in [-0.15, -0.1) is 0 Å². The van der Waals surface area contributed by atoms with Gasteiger partial charge in [0.1, 0.15) is 0 Å². The molecule has 0 saturated heterocycles. The van der Waals surface area contributed by atoms with Crippen LogP contribution in [-0.4, -0.2) is 37.2 Å². The first-order chi connectivity index (χ1) is 16.8. The lowest BCUT2D eigenvalue weighted by Gasteiger charge is -2.02. The van der Waals surface area contributed by atoms with Gasteiger partial charge in [-0.1, -0.05) is 86.5 Å². The van der Waals surface area contributed by atoms with Gasteiger partial charge in [-0.05, 0) is 35.6 Å². The van der Waals surface area contributed by atoms with Gasteiger partial charge in [0, 0.05) is 41.9 Å². The number of ether oxygens (including phenoxy) is 2. The lowest BCUT2D eigenvalue weighted by Crippen LogP contribution is -2.03. The van der Waals surface area contributed by atoms with Crippen molar-refractivity contribution in [3.05, 3.63) is 71.3 Å². The van der Waals surface area contributed by atoms with Gasteiger partial charge >= 0.3 is 11.9 Å². The lowest BCUT2D eigenvalue weighted by molar-refractivity contribution is -0.141. The number of benzene rings is 2. The van der Waals surface area contributed by atoms with Crippen LogP contribution in [0.2, 0.25) is 0 Å². The van der Waals surface area contributed by atoms with Crippen LogP contribution in [0, 0.1) is 0 Å². The van der Waals surface area contributed by atoms with Gasteiger partial charge in [-0.25, -0.2) is 0 Å². The van der Waals surface area contributed by atoms with Crippen LogP contribution in [0.15, 0.2) is 54.6 Å². The van der Waals surface area contributed by atoms with Crippen LogP contribution in [0.5, 0.6) is 0 Å². The number of halogens is 3. The van der Waals surface area contributed by atoms with Crippen LogP contribution in [-0.2, 0) is 34.5 Å². The third-order valence-corrected chi connectivity index (χ3v) is 5.91. The normalized spacial score (nSPS) is 9.51. The van der Waals surface area contributed by atoms with Crippen molar-refractivity contribution in [2.24, 2.45) is 0 Å². The predicted molar refractivity (Wildman–Crippen MR) is 145 cm³/mol. The average molecular weight is 635 g/mol. The van der Waals surface area contributed by atoms with Gasteiger partial charge in [0.05, 0.1) is 14.2 Å². The molecular formula is C26H31Br2ClO6. The number of hydrogen-bond donors (Lipinski definition) is 0. The first-order valence-electron chi connectivity index (χ1n) is 10.9. The molecule has 0 aliphatic heterocycles. The Morgan fingerprint density at radius 3 is 1.54 bits per heavy atom. The molecule has 0 aliphatic rings. The summed E-state index contributed by atoms with van der Waals surface area (Å²) in [6, 6.07) is 17.8. The van der Waals surface area contributed by atoms with Crippen molar-refractivity contribution in [2.75, 3.05) is 14.2 Å². The fourth-order valence-corrected chi connectivity index (χ4v) is 3.34. The predicted octanol–water partition coefficient (Wildman–Crippen LogP) is 6.78. The van der Waals surface area contributed by atoms with Crippen LogP contribution >= 0.6 is 43.5 Å². The van der Waals surface area contributed by atoms with E-state index < -0.39 is 5.24 Å². The standard InChI is InChI=1S/C13H15BrO3.C7H7Br.C6H9ClO3/c1-17-13(16)4-2-3-12(15)11-7-5-10(9-14)6-8-11;8-6-7-4-2-1-3-5-7;1-10-6(9)4-2-3-5(7)8/h5-8H,2-4,9H2,1H3;1-5H,6H2;2-4H2,1H3. The minimum absolute atomic E-state index is 0.0648. The van der Waals surface area contributed by atoms with Crippen molar-refractivity contribution in [1.82, 2.24) is 0 Å². The van der Waals surface area contributed by atoms with E-state index in [1.807, 2.05) is 42.5 Å². The smallest absolute Gasteiger partial charge is 0.305 e. The minimum atomic E-state index is -0.413. The van der Waals surface area contributed by atoms with Crippen molar-refractivity contribution in [1.29, 1.82) is 0 Å². The van der Waals surface area contributed by atoms with Crippen LogP contribution in [0.4, 0.5) is 0 Å². The molecule has 0 aromatic heterocycles. The molecule has 0 aliphatic carbocycles. The lowest BCUT2D eigenvalue weighted by atomic mass is 10.0. The molecule has 0 N–H and O–H groups in total. The molecule has 2 aromatic carbocycles. The number of alkyl halides is 2. The van der Waals surface area contributed by atoms with Gasteiger partial charge in [-0.3, -0.25) is 19.2 Å². The molecule has 35 heavy (non-hydrogen) atoms. The van der Waals surface area contributed by atoms with E-state index in [4.69, 9.17) is 11.6 Å². The molecule has 0 amide bonds. The zero-order valence-corrected chi connectivity index (χ0v) is 23.9. The van der Waals surface area contributed by atoms with E-state index in [0.29, 0.717) is 31.2 Å². The molecule has 0 saturated carbocycles. The van der Waals surface area contributed by atoms with Crippen molar-refractivity contribution in [3.63, 3.8) is 0 Å². The summed E-state index contributed by atoms with van der Waals surface area (Å²) >= 11 is 11.7. The summed E-state index contributed by atoms with van der Waals surface area (Å²) in [6.07, 6.45) is 2.16. The van der Waals surface area contributed by atoms with Crippen molar-refractivity contribution < 1.29 is 28.7 Å². The van der Waals surface area contributed by atoms with E-state index in [0.717, 1.165) is 16.2 Å². The minimum Gasteiger partial charge on any atom is -0.469 e. The van der Waals surface area contributed by atoms with Gasteiger partial charge in [0.2, 0.25) is 5.24 Å². The molecule has 0 fully saturated rings. The summed E-state index contributed by atoms with van der Waals surface area (Å²) in [4.78, 5) is 43.2. The summed E-state index contributed by atoms with van der Waals surface area (Å²) in [5.41, 5.74) is 3.16. The van der Waals surface area contributed by atoms with Crippen LogP contribution < -0.4 is 0 Å². The number of rotatable bonds is 11. The first kappa shape index (κ1) is 33.0. The topological polar surface area (TPSA) is 86.7 Å². The maximum absolute atomic E-state index is 11.8. The maximum Gasteiger partial charge on any atom is 0.305 e. The fourth-order valence-electron chi connectivity index (χ4n) is 2.46. The zero-order chi connectivity index (χ0) is 26.5. The summed E-state index contributed by atoms with van der Waals surface area (Å²) in [7, 11) is 2.66. The summed E-state index contributed by atoms with van der Waals surface area (Å²) in [5.74, 6) is -0.514. The molecule has 6 nitrogen and oxygen atoms in total. The molecule has 0 atom stereocenters. The fraction of sp³-hybridized carbons (Fsp3) is 0.385. The molecule has 2 rings (SSSR count). The Morgan fingerprint density at radius 2 is 1.14 bits per heavy atom.